The van der Waals surface area contributed by atoms with Crippen molar-refractivity contribution in [1.29, 1.82) is 0 Å². The molecule has 1 aromatic carbocycles. The highest BCUT2D eigenvalue weighted by molar-refractivity contribution is 7.89. The minimum Gasteiger partial charge on any atom is -0.493 e. The molecule has 0 aromatic heterocycles. The zero-order valence-electron chi connectivity index (χ0n) is 11.3. The molecule has 0 spiro atoms. The average Bonchev–Trinajstić information content (AvgIpc) is 2.90. The van der Waals surface area contributed by atoms with E-state index in [1.165, 1.54) is 18.4 Å². The molecular formula is C13H20N2O3S. The molecule has 1 aliphatic rings. The summed E-state index contributed by atoms with van der Waals surface area (Å²) in [5.41, 5.74) is 0. The van der Waals surface area contributed by atoms with E-state index in [1.807, 2.05) is 0 Å². The highest BCUT2D eigenvalue weighted by Crippen LogP contribution is 2.19. The molecule has 0 saturated carbocycles. The molecule has 0 radical (unpaired) electrons. The van der Waals surface area contributed by atoms with Crippen molar-refractivity contribution in [2.75, 3.05) is 33.8 Å². The van der Waals surface area contributed by atoms with E-state index in [9.17, 15) is 8.42 Å². The Labute approximate surface area is 114 Å². The fourth-order valence-electron chi connectivity index (χ4n) is 1.99. The predicted molar refractivity (Wildman–Crippen MR) is 73.8 cm³/mol. The van der Waals surface area contributed by atoms with Crippen LogP contribution >= 0.6 is 0 Å². The maximum absolute atomic E-state index is 11.9. The van der Waals surface area contributed by atoms with Crippen molar-refractivity contribution in [2.45, 2.75) is 11.3 Å². The first-order valence-electron chi connectivity index (χ1n) is 6.36. The minimum atomic E-state index is -3.36. The van der Waals surface area contributed by atoms with Crippen LogP contribution in [0.15, 0.2) is 29.2 Å². The molecule has 1 unspecified atom stereocenters. The maximum Gasteiger partial charge on any atom is 0.242 e. The van der Waals surface area contributed by atoms with Crippen LogP contribution in [-0.4, -0.2) is 46.5 Å². The van der Waals surface area contributed by atoms with Crippen molar-refractivity contribution in [3.8, 4) is 5.75 Å². The Morgan fingerprint density at radius 2 is 2.00 bits per heavy atom. The number of benzene rings is 1. The van der Waals surface area contributed by atoms with E-state index in [4.69, 9.17) is 4.74 Å². The highest BCUT2D eigenvalue weighted by Gasteiger charge is 2.17. The lowest BCUT2D eigenvalue weighted by Gasteiger charge is -2.13. The van der Waals surface area contributed by atoms with Gasteiger partial charge in [0.2, 0.25) is 10.0 Å². The molecule has 6 heteroatoms. The second kappa shape index (κ2) is 5.90. The first kappa shape index (κ1) is 14.3. The van der Waals surface area contributed by atoms with Crippen LogP contribution in [0, 0.1) is 5.92 Å². The Morgan fingerprint density at radius 1 is 1.32 bits per heavy atom. The SMILES string of the molecule is CN(C)S(=O)(=O)c1ccc(OCC2CCNC2)cc1. The van der Waals surface area contributed by atoms with Gasteiger partial charge in [-0.25, -0.2) is 12.7 Å². The smallest absolute Gasteiger partial charge is 0.242 e. The molecule has 19 heavy (non-hydrogen) atoms. The van der Waals surface area contributed by atoms with Crippen LogP contribution in [0.25, 0.3) is 0 Å². The zero-order valence-corrected chi connectivity index (χ0v) is 12.1. The van der Waals surface area contributed by atoms with Crippen molar-refractivity contribution in [3.63, 3.8) is 0 Å². The van der Waals surface area contributed by atoms with E-state index < -0.39 is 10.0 Å². The van der Waals surface area contributed by atoms with Gasteiger partial charge in [0.05, 0.1) is 11.5 Å². The lowest BCUT2D eigenvalue weighted by Crippen LogP contribution is -2.22. The van der Waals surface area contributed by atoms with Crippen molar-refractivity contribution < 1.29 is 13.2 Å². The Morgan fingerprint density at radius 3 is 2.53 bits per heavy atom. The standard InChI is InChI=1S/C13H20N2O3S/c1-15(2)19(16,17)13-5-3-12(4-6-13)18-10-11-7-8-14-9-11/h3-6,11,14H,7-10H2,1-2H3. The molecule has 1 saturated heterocycles. The molecular weight excluding hydrogens is 264 g/mol. The minimum absolute atomic E-state index is 0.285. The summed E-state index contributed by atoms with van der Waals surface area (Å²) < 4.78 is 30.6. The quantitative estimate of drug-likeness (QED) is 0.874. The van der Waals surface area contributed by atoms with Crippen LogP contribution < -0.4 is 10.1 Å². The molecule has 1 N–H and O–H groups in total. The molecule has 2 rings (SSSR count). The van der Waals surface area contributed by atoms with E-state index in [-0.39, 0.29) is 4.90 Å². The van der Waals surface area contributed by atoms with Gasteiger partial charge >= 0.3 is 0 Å². The number of nitrogens with one attached hydrogen (secondary N) is 1. The van der Waals surface area contributed by atoms with Gasteiger partial charge in [-0.15, -0.1) is 0 Å². The van der Waals surface area contributed by atoms with E-state index in [1.54, 1.807) is 24.3 Å². The summed E-state index contributed by atoms with van der Waals surface area (Å²) in [6.45, 7) is 2.72. The number of hydrogen-bond acceptors (Lipinski definition) is 4. The first-order chi connectivity index (χ1) is 9.00. The second-order valence-corrected chi connectivity index (χ2v) is 7.08. The van der Waals surface area contributed by atoms with Crippen molar-refractivity contribution in [1.82, 2.24) is 9.62 Å². The number of ether oxygens (including phenoxy) is 1. The van der Waals surface area contributed by atoms with Crippen LogP contribution in [0.4, 0.5) is 0 Å². The molecule has 1 atom stereocenters. The Kier molecular flexibility index (Phi) is 4.44. The third kappa shape index (κ3) is 3.46. The Bertz CT molecular complexity index is 505. The van der Waals surface area contributed by atoms with Gasteiger partial charge in [0.25, 0.3) is 0 Å². The van der Waals surface area contributed by atoms with Gasteiger partial charge in [-0.05, 0) is 37.2 Å². The Hall–Kier alpha value is -1.11. The monoisotopic (exact) mass is 284 g/mol. The third-order valence-corrected chi connectivity index (χ3v) is 5.08. The van der Waals surface area contributed by atoms with Gasteiger partial charge < -0.3 is 10.1 Å². The van der Waals surface area contributed by atoms with Crippen LogP contribution in [0.1, 0.15) is 6.42 Å². The number of hydrogen-bond donors (Lipinski definition) is 1. The summed E-state index contributed by atoms with van der Waals surface area (Å²) in [5.74, 6) is 1.26. The van der Waals surface area contributed by atoms with Gasteiger partial charge in [-0.3, -0.25) is 0 Å². The second-order valence-electron chi connectivity index (χ2n) is 4.93. The number of rotatable bonds is 5. The average molecular weight is 284 g/mol. The topological polar surface area (TPSA) is 58.6 Å². The molecule has 1 heterocycles. The van der Waals surface area contributed by atoms with Gasteiger partial charge in [0.1, 0.15) is 5.75 Å². The molecule has 1 aromatic rings. The van der Waals surface area contributed by atoms with E-state index in [2.05, 4.69) is 5.32 Å². The van der Waals surface area contributed by atoms with E-state index >= 15 is 0 Å². The lowest BCUT2D eigenvalue weighted by atomic mass is 10.1. The van der Waals surface area contributed by atoms with Gasteiger partial charge in [0, 0.05) is 26.6 Å². The van der Waals surface area contributed by atoms with Crippen molar-refractivity contribution in [3.05, 3.63) is 24.3 Å². The predicted octanol–water partition coefficient (Wildman–Crippen LogP) is 0.925. The van der Waals surface area contributed by atoms with E-state index in [0.717, 1.165) is 19.5 Å². The zero-order chi connectivity index (χ0) is 13.9. The summed E-state index contributed by atoms with van der Waals surface area (Å²) in [4.78, 5) is 0.285. The molecule has 0 bridgehead atoms. The first-order valence-corrected chi connectivity index (χ1v) is 7.80. The van der Waals surface area contributed by atoms with Crippen LogP contribution in [-0.2, 0) is 10.0 Å². The summed E-state index contributed by atoms with van der Waals surface area (Å²) in [6.07, 6.45) is 1.13. The van der Waals surface area contributed by atoms with Gasteiger partial charge in [-0.1, -0.05) is 0 Å². The normalized spacial score (nSPS) is 19.8. The largest absolute Gasteiger partial charge is 0.493 e. The van der Waals surface area contributed by atoms with Crippen LogP contribution in [0.2, 0.25) is 0 Å². The summed E-state index contributed by atoms with van der Waals surface area (Å²) >= 11 is 0. The Balaban J connectivity index is 1.98. The molecule has 1 aliphatic heterocycles. The third-order valence-electron chi connectivity index (χ3n) is 3.25. The lowest BCUT2D eigenvalue weighted by molar-refractivity contribution is 0.260. The van der Waals surface area contributed by atoms with Crippen LogP contribution in [0.3, 0.4) is 0 Å². The fraction of sp³-hybridized carbons (Fsp3) is 0.538. The van der Waals surface area contributed by atoms with Crippen molar-refractivity contribution >= 4 is 10.0 Å². The molecule has 0 aliphatic carbocycles. The number of sulfonamides is 1. The summed E-state index contributed by atoms with van der Waals surface area (Å²) in [5, 5.41) is 3.29. The molecule has 5 nitrogen and oxygen atoms in total. The maximum atomic E-state index is 11.9. The summed E-state index contributed by atoms with van der Waals surface area (Å²) in [6, 6.07) is 6.58. The molecule has 0 amide bonds. The molecule has 1 fully saturated rings. The van der Waals surface area contributed by atoms with Crippen molar-refractivity contribution in [2.24, 2.45) is 5.92 Å². The summed E-state index contributed by atoms with van der Waals surface area (Å²) in [7, 11) is -0.315. The van der Waals surface area contributed by atoms with Gasteiger partial charge in [0.15, 0.2) is 0 Å². The molecule has 106 valence electrons. The fourth-order valence-corrected chi connectivity index (χ4v) is 2.89. The van der Waals surface area contributed by atoms with Gasteiger partial charge in [-0.2, -0.15) is 0 Å². The highest BCUT2D eigenvalue weighted by atomic mass is 32.2. The van der Waals surface area contributed by atoms with Crippen LogP contribution in [0.5, 0.6) is 5.75 Å². The van der Waals surface area contributed by atoms with E-state index in [0.29, 0.717) is 18.3 Å². The number of nitrogens with zero attached hydrogens (tertiary/aromatic N) is 1.